The highest BCUT2D eigenvalue weighted by atomic mass is 32.1. The van der Waals surface area contributed by atoms with Gasteiger partial charge in [-0.3, -0.25) is 14.5 Å². The minimum atomic E-state index is -0.446. The Labute approximate surface area is 159 Å². The Balaban J connectivity index is 1.64. The molecule has 2 heterocycles. The number of nitrogens with one attached hydrogen (secondary N) is 1. The number of nitrogens with zero attached hydrogens (tertiary/aromatic N) is 2. The molecule has 140 valence electrons. The number of allylic oxidation sites excluding steroid dienone is 1. The number of aliphatic imine (C=N–C) groups is 1. The summed E-state index contributed by atoms with van der Waals surface area (Å²) in [5.41, 5.74) is 1.05. The van der Waals surface area contributed by atoms with Crippen molar-refractivity contribution in [2.75, 3.05) is 19.7 Å². The number of fused-ring (bicyclic) bond motifs is 1. The number of hydrogen-bond donors (Lipinski definition) is 1. The predicted molar refractivity (Wildman–Crippen MR) is 104 cm³/mol. The molecule has 1 saturated heterocycles. The van der Waals surface area contributed by atoms with E-state index in [4.69, 9.17) is 17.0 Å². The molecule has 2 unspecified atom stereocenters. The van der Waals surface area contributed by atoms with Crippen molar-refractivity contribution in [3.05, 3.63) is 23.8 Å². The van der Waals surface area contributed by atoms with Crippen molar-refractivity contribution >= 4 is 34.9 Å². The Hall–Kier alpha value is -1.86. The summed E-state index contributed by atoms with van der Waals surface area (Å²) >= 11 is 5.30. The lowest BCUT2D eigenvalue weighted by Crippen LogP contribution is -2.46. The van der Waals surface area contributed by atoms with Gasteiger partial charge in [-0.2, -0.15) is 0 Å². The minimum Gasteiger partial charge on any atom is -0.376 e. The van der Waals surface area contributed by atoms with Gasteiger partial charge in [0.2, 0.25) is 11.0 Å². The van der Waals surface area contributed by atoms with E-state index in [-0.39, 0.29) is 17.9 Å². The smallest absolute Gasteiger partial charge is 0.251 e. The summed E-state index contributed by atoms with van der Waals surface area (Å²) in [7, 11) is 0. The number of hydrogen-bond acceptors (Lipinski definition) is 4. The lowest BCUT2D eigenvalue weighted by atomic mass is 9.91. The Bertz CT molecular complexity index is 678. The van der Waals surface area contributed by atoms with Crippen LogP contribution in [0.5, 0.6) is 0 Å². The van der Waals surface area contributed by atoms with Gasteiger partial charge in [-0.25, -0.2) is 4.99 Å². The van der Waals surface area contributed by atoms with Gasteiger partial charge in [0.1, 0.15) is 0 Å². The first-order chi connectivity index (χ1) is 12.6. The van der Waals surface area contributed by atoms with Gasteiger partial charge >= 0.3 is 0 Å². The molecule has 1 aliphatic carbocycles. The van der Waals surface area contributed by atoms with Crippen molar-refractivity contribution in [3.8, 4) is 0 Å². The first-order valence-corrected chi connectivity index (χ1v) is 9.74. The standard InChI is InChI=1S/C19H25N3O3S/c1-2-3-4-9-22-18(24)15-8-7-13(11-16(15)21-19(22)26)17(23)20-12-14-6-5-10-25-14/h7-8,11,14-15H,2-6,9-10,12H2,1H3,(H,20,23). The van der Waals surface area contributed by atoms with Crippen molar-refractivity contribution in [2.24, 2.45) is 10.9 Å². The lowest BCUT2D eigenvalue weighted by molar-refractivity contribution is -0.128. The quantitative estimate of drug-likeness (QED) is 0.547. The second-order valence-corrected chi connectivity index (χ2v) is 7.16. The van der Waals surface area contributed by atoms with Crippen LogP contribution >= 0.6 is 12.2 Å². The zero-order chi connectivity index (χ0) is 18.5. The van der Waals surface area contributed by atoms with E-state index in [1.54, 1.807) is 23.1 Å². The van der Waals surface area contributed by atoms with E-state index >= 15 is 0 Å². The average molecular weight is 375 g/mol. The molecular weight excluding hydrogens is 350 g/mol. The fourth-order valence-corrected chi connectivity index (χ4v) is 3.61. The molecule has 0 spiro atoms. The monoisotopic (exact) mass is 375 g/mol. The maximum atomic E-state index is 12.7. The summed E-state index contributed by atoms with van der Waals surface area (Å²) in [6, 6.07) is 0. The van der Waals surface area contributed by atoms with E-state index < -0.39 is 5.92 Å². The zero-order valence-electron chi connectivity index (χ0n) is 15.1. The maximum Gasteiger partial charge on any atom is 0.251 e. The van der Waals surface area contributed by atoms with Crippen molar-refractivity contribution in [1.29, 1.82) is 0 Å². The van der Waals surface area contributed by atoms with E-state index in [0.717, 1.165) is 38.7 Å². The SMILES string of the molecule is CCCCCN1C(=O)C2C=CC(C(=O)NCC3CCCO3)=CC2=NC1=S. The van der Waals surface area contributed by atoms with Crippen LogP contribution in [-0.4, -0.2) is 53.3 Å². The summed E-state index contributed by atoms with van der Waals surface area (Å²) in [4.78, 5) is 31.1. The average Bonchev–Trinajstić information content (AvgIpc) is 3.15. The largest absolute Gasteiger partial charge is 0.376 e. The van der Waals surface area contributed by atoms with Gasteiger partial charge in [0.15, 0.2) is 0 Å². The number of carbonyl (C=O) groups excluding carboxylic acids is 2. The molecule has 0 radical (unpaired) electrons. The molecule has 3 rings (SSSR count). The Morgan fingerprint density at radius 2 is 2.31 bits per heavy atom. The minimum absolute atomic E-state index is 0.0533. The number of rotatable bonds is 7. The van der Waals surface area contributed by atoms with Crippen molar-refractivity contribution in [1.82, 2.24) is 10.2 Å². The summed E-state index contributed by atoms with van der Waals surface area (Å²) in [5.74, 6) is -0.679. The third kappa shape index (κ3) is 4.27. The molecule has 1 fully saturated rings. The molecule has 0 aromatic rings. The summed E-state index contributed by atoms with van der Waals surface area (Å²) in [5, 5.41) is 3.18. The normalized spacial score (nSPS) is 25.0. The van der Waals surface area contributed by atoms with Crippen LogP contribution in [0.4, 0.5) is 0 Å². The topological polar surface area (TPSA) is 71.0 Å². The summed E-state index contributed by atoms with van der Waals surface area (Å²) in [6.45, 7) is 3.98. The van der Waals surface area contributed by atoms with Crippen LogP contribution in [0.1, 0.15) is 39.0 Å². The second-order valence-electron chi connectivity index (χ2n) is 6.80. The molecule has 6 nitrogen and oxygen atoms in total. The van der Waals surface area contributed by atoms with Crippen molar-refractivity contribution < 1.29 is 14.3 Å². The van der Waals surface area contributed by atoms with Gasteiger partial charge in [-0.15, -0.1) is 0 Å². The van der Waals surface area contributed by atoms with Gasteiger partial charge in [0.25, 0.3) is 5.91 Å². The Morgan fingerprint density at radius 3 is 3.04 bits per heavy atom. The summed E-state index contributed by atoms with van der Waals surface area (Å²) < 4.78 is 5.51. The molecule has 0 bridgehead atoms. The highest BCUT2D eigenvalue weighted by Crippen LogP contribution is 2.23. The number of carbonyl (C=O) groups is 2. The van der Waals surface area contributed by atoms with Crippen LogP contribution in [0.25, 0.3) is 0 Å². The lowest BCUT2D eigenvalue weighted by Gasteiger charge is -2.30. The van der Waals surface area contributed by atoms with Crippen LogP contribution in [0.2, 0.25) is 0 Å². The van der Waals surface area contributed by atoms with Gasteiger partial charge in [-0.1, -0.05) is 31.9 Å². The molecule has 7 heteroatoms. The first kappa shape index (κ1) is 18.9. The molecule has 26 heavy (non-hydrogen) atoms. The van der Waals surface area contributed by atoms with Crippen molar-refractivity contribution in [2.45, 2.75) is 45.1 Å². The fraction of sp³-hybridized carbons (Fsp3) is 0.579. The third-order valence-electron chi connectivity index (χ3n) is 4.84. The van der Waals surface area contributed by atoms with E-state index in [1.807, 2.05) is 0 Å². The van der Waals surface area contributed by atoms with Gasteiger partial charge in [0.05, 0.1) is 17.7 Å². The zero-order valence-corrected chi connectivity index (χ0v) is 15.9. The second kappa shape index (κ2) is 8.68. The molecular formula is C19H25N3O3S. The molecule has 2 aliphatic heterocycles. The van der Waals surface area contributed by atoms with E-state index in [1.165, 1.54) is 0 Å². The van der Waals surface area contributed by atoms with Crippen LogP contribution < -0.4 is 5.32 Å². The number of amides is 2. The summed E-state index contributed by atoms with van der Waals surface area (Å²) in [6.07, 6.45) is 10.3. The van der Waals surface area contributed by atoms with Crippen LogP contribution in [-0.2, 0) is 14.3 Å². The van der Waals surface area contributed by atoms with Crippen LogP contribution in [0.3, 0.4) is 0 Å². The number of ether oxygens (including phenoxy) is 1. The van der Waals surface area contributed by atoms with Gasteiger partial charge in [-0.05, 0) is 37.6 Å². The molecule has 0 aromatic carbocycles. The van der Waals surface area contributed by atoms with E-state index in [2.05, 4.69) is 17.2 Å². The first-order valence-electron chi connectivity index (χ1n) is 9.33. The molecule has 3 aliphatic rings. The number of unbranched alkanes of at least 4 members (excludes halogenated alkanes) is 2. The molecule has 2 amide bonds. The Morgan fingerprint density at radius 1 is 1.46 bits per heavy atom. The predicted octanol–water partition coefficient (Wildman–Crippen LogP) is 2.15. The highest BCUT2D eigenvalue weighted by molar-refractivity contribution is 7.80. The van der Waals surface area contributed by atoms with Crippen LogP contribution in [0.15, 0.2) is 28.8 Å². The molecule has 1 N–H and O–H groups in total. The van der Waals surface area contributed by atoms with Crippen molar-refractivity contribution in [3.63, 3.8) is 0 Å². The molecule has 0 aromatic heterocycles. The third-order valence-corrected chi connectivity index (χ3v) is 5.15. The van der Waals surface area contributed by atoms with Gasteiger partial charge < -0.3 is 10.1 Å². The fourth-order valence-electron chi connectivity index (χ4n) is 3.32. The number of thiocarbonyl (C=S) groups is 1. The van der Waals surface area contributed by atoms with E-state index in [0.29, 0.717) is 29.5 Å². The maximum absolute atomic E-state index is 12.7. The Kier molecular flexibility index (Phi) is 6.32. The molecule has 2 atom stereocenters. The molecule has 0 saturated carbocycles. The van der Waals surface area contributed by atoms with Gasteiger partial charge in [0, 0.05) is 25.3 Å². The highest BCUT2D eigenvalue weighted by Gasteiger charge is 2.34. The van der Waals surface area contributed by atoms with Crippen LogP contribution in [0, 0.1) is 5.92 Å². The van der Waals surface area contributed by atoms with E-state index in [9.17, 15) is 9.59 Å².